The van der Waals surface area contributed by atoms with Crippen molar-refractivity contribution < 1.29 is 23.1 Å². The van der Waals surface area contributed by atoms with Gasteiger partial charge in [-0.3, -0.25) is 4.79 Å². The molecule has 0 aliphatic carbocycles. The summed E-state index contributed by atoms with van der Waals surface area (Å²) >= 11 is 3.34. The van der Waals surface area contributed by atoms with Gasteiger partial charge in [0.2, 0.25) is 5.91 Å². The van der Waals surface area contributed by atoms with Crippen molar-refractivity contribution in [3.8, 4) is 0 Å². The third-order valence-corrected chi connectivity index (χ3v) is 4.66. The maximum Gasteiger partial charge on any atom is 0.410 e. The van der Waals surface area contributed by atoms with Crippen LogP contribution in [0.1, 0.15) is 47.0 Å². The standard InChI is InChI=1S/C16H27BrF2N2O3/c1-11(8-17)5-6-13(22)20-12-7-16(18,19)10-21(9-12)14(23)24-15(2,3)4/h11-12H,5-10H2,1-4H3,(H,20,22)/t11?,12-/m1/s1. The highest BCUT2D eigenvalue weighted by molar-refractivity contribution is 9.09. The number of piperidine rings is 1. The van der Waals surface area contributed by atoms with Crippen LogP contribution in [-0.4, -0.2) is 52.9 Å². The molecule has 0 saturated carbocycles. The molecule has 1 N–H and O–H groups in total. The Labute approximate surface area is 150 Å². The average Bonchev–Trinajstić information content (AvgIpc) is 2.41. The zero-order chi connectivity index (χ0) is 18.5. The van der Waals surface area contributed by atoms with Crippen LogP contribution in [0.2, 0.25) is 0 Å². The third-order valence-electron chi connectivity index (χ3n) is 3.55. The summed E-state index contributed by atoms with van der Waals surface area (Å²) in [6.45, 7) is 6.38. The highest BCUT2D eigenvalue weighted by Crippen LogP contribution is 2.28. The Morgan fingerprint density at radius 1 is 1.42 bits per heavy atom. The molecular weight excluding hydrogens is 386 g/mol. The molecule has 24 heavy (non-hydrogen) atoms. The lowest BCUT2D eigenvalue weighted by Crippen LogP contribution is -2.57. The number of ether oxygens (including phenoxy) is 1. The first-order chi connectivity index (χ1) is 10.9. The Morgan fingerprint density at radius 3 is 2.58 bits per heavy atom. The van der Waals surface area contributed by atoms with Crippen molar-refractivity contribution in [1.29, 1.82) is 0 Å². The summed E-state index contributed by atoms with van der Waals surface area (Å²) in [5, 5.41) is 3.40. The molecule has 1 rings (SSSR count). The average molecular weight is 413 g/mol. The SMILES string of the molecule is CC(CBr)CCC(=O)N[C@H]1CN(C(=O)OC(C)(C)C)CC(F)(F)C1. The summed E-state index contributed by atoms with van der Waals surface area (Å²) in [4.78, 5) is 25.0. The topological polar surface area (TPSA) is 58.6 Å². The molecule has 0 aromatic rings. The van der Waals surface area contributed by atoms with E-state index >= 15 is 0 Å². The van der Waals surface area contributed by atoms with Crippen molar-refractivity contribution in [2.45, 2.75) is 64.5 Å². The molecule has 0 aromatic heterocycles. The minimum absolute atomic E-state index is 0.0320. The summed E-state index contributed by atoms with van der Waals surface area (Å²) in [5.74, 6) is -2.98. The number of rotatable bonds is 5. The van der Waals surface area contributed by atoms with E-state index in [2.05, 4.69) is 21.2 Å². The van der Waals surface area contributed by atoms with Crippen molar-refractivity contribution >= 4 is 27.9 Å². The maximum atomic E-state index is 13.9. The predicted molar refractivity (Wildman–Crippen MR) is 91.5 cm³/mol. The smallest absolute Gasteiger partial charge is 0.410 e. The van der Waals surface area contributed by atoms with Crippen molar-refractivity contribution in [2.24, 2.45) is 5.92 Å². The van der Waals surface area contributed by atoms with E-state index in [1.807, 2.05) is 6.92 Å². The van der Waals surface area contributed by atoms with E-state index in [-0.39, 0.29) is 18.9 Å². The minimum Gasteiger partial charge on any atom is -0.444 e. The maximum absolute atomic E-state index is 13.9. The van der Waals surface area contributed by atoms with Crippen molar-refractivity contribution in [2.75, 3.05) is 18.4 Å². The molecule has 0 aromatic carbocycles. The Kier molecular flexibility index (Phi) is 7.44. The number of hydrogen-bond acceptors (Lipinski definition) is 3. The number of carbonyl (C=O) groups is 2. The number of carbonyl (C=O) groups excluding carboxylic acids is 2. The fourth-order valence-electron chi connectivity index (χ4n) is 2.42. The third kappa shape index (κ3) is 7.77. The van der Waals surface area contributed by atoms with Crippen molar-refractivity contribution in [3.63, 3.8) is 0 Å². The molecule has 1 fully saturated rings. The van der Waals surface area contributed by atoms with E-state index in [1.54, 1.807) is 20.8 Å². The number of halogens is 3. The van der Waals surface area contributed by atoms with Crippen LogP contribution in [0.5, 0.6) is 0 Å². The monoisotopic (exact) mass is 412 g/mol. The van der Waals surface area contributed by atoms with Crippen molar-refractivity contribution in [1.82, 2.24) is 10.2 Å². The van der Waals surface area contributed by atoms with E-state index in [1.165, 1.54) is 0 Å². The predicted octanol–water partition coefficient (Wildman–Crippen LogP) is 3.56. The zero-order valence-corrected chi connectivity index (χ0v) is 16.3. The molecule has 0 spiro atoms. The lowest BCUT2D eigenvalue weighted by Gasteiger charge is -2.38. The second kappa shape index (κ2) is 8.45. The second-order valence-electron chi connectivity index (χ2n) is 7.48. The van der Waals surface area contributed by atoms with E-state index in [0.29, 0.717) is 12.3 Å². The quantitative estimate of drug-likeness (QED) is 0.702. The van der Waals surface area contributed by atoms with Gasteiger partial charge in [0.05, 0.1) is 12.6 Å². The van der Waals surface area contributed by atoms with Crippen LogP contribution in [0, 0.1) is 5.92 Å². The van der Waals surface area contributed by atoms with Gasteiger partial charge in [0.15, 0.2) is 0 Å². The number of likely N-dealkylation sites (tertiary alicyclic amines) is 1. The summed E-state index contributed by atoms with van der Waals surface area (Å²) in [5.41, 5.74) is -0.756. The fraction of sp³-hybridized carbons (Fsp3) is 0.875. The van der Waals surface area contributed by atoms with E-state index in [0.717, 1.165) is 10.2 Å². The van der Waals surface area contributed by atoms with Gasteiger partial charge in [0.1, 0.15) is 5.60 Å². The largest absolute Gasteiger partial charge is 0.444 e. The minimum atomic E-state index is -3.05. The molecule has 1 aliphatic rings. The highest BCUT2D eigenvalue weighted by atomic mass is 79.9. The molecule has 2 atom stereocenters. The summed E-state index contributed by atoms with van der Waals surface area (Å²) in [6.07, 6.45) is -0.294. The van der Waals surface area contributed by atoms with Crippen LogP contribution in [-0.2, 0) is 9.53 Å². The van der Waals surface area contributed by atoms with Gasteiger partial charge in [-0.05, 0) is 33.1 Å². The molecule has 1 unspecified atom stereocenters. The molecule has 0 bridgehead atoms. The first kappa shape index (κ1) is 21.1. The van der Waals surface area contributed by atoms with E-state index in [9.17, 15) is 18.4 Å². The van der Waals surface area contributed by atoms with Gasteiger partial charge < -0.3 is 15.0 Å². The molecular formula is C16H27BrF2N2O3. The number of amides is 2. The normalized spacial score (nSPS) is 22.0. The lowest BCUT2D eigenvalue weighted by molar-refractivity contribution is -0.124. The molecule has 2 amide bonds. The van der Waals surface area contributed by atoms with Crippen molar-refractivity contribution in [3.05, 3.63) is 0 Å². The highest BCUT2D eigenvalue weighted by Gasteiger charge is 2.43. The number of nitrogens with one attached hydrogen (secondary N) is 1. The van der Waals surface area contributed by atoms with Crippen LogP contribution in [0.4, 0.5) is 13.6 Å². The first-order valence-electron chi connectivity index (χ1n) is 8.13. The second-order valence-corrected chi connectivity index (χ2v) is 8.13. The van der Waals surface area contributed by atoms with Gasteiger partial charge in [-0.15, -0.1) is 0 Å². The van der Waals surface area contributed by atoms with Gasteiger partial charge in [-0.25, -0.2) is 13.6 Å². The summed E-state index contributed by atoms with van der Waals surface area (Å²) in [7, 11) is 0. The Hall–Kier alpha value is -0.920. The lowest BCUT2D eigenvalue weighted by atomic mass is 10.0. The molecule has 1 heterocycles. The van der Waals surface area contributed by atoms with Crippen LogP contribution in [0.3, 0.4) is 0 Å². The molecule has 0 radical (unpaired) electrons. The number of alkyl halides is 3. The van der Waals surface area contributed by atoms with Gasteiger partial charge in [0.25, 0.3) is 5.92 Å². The summed E-state index contributed by atoms with van der Waals surface area (Å²) in [6, 6.07) is -0.770. The first-order valence-corrected chi connectivity index (χ1v) is 9.25. The van der Waals surface area contributed by atoms with E-state index in [4.69, 9.17) is 4.74 Å². The van der Waals surface area contributed by atoms with Gasteiger partial charge >= 0.3 is 6.09 Å². The summed E-state index contributed by atoms with van der Waals surface area (Å²) < 4.78 is 33.0. The Bertz CT molecular complexity index is 455. The van der Waals surface area contributed by atoms with Gasteiger partial charge in [-0.2, -0.15) is 0 Å². The number of hydrogen-bond donors (Lipinski definition) is 1. The van der Waals surface area contributed by atoms with Gasteiger partial charge in [0, 0.05) is 24.7 Å². The fourth-order valence-corrected chi connectivity index (χ4v) is 2.74. The Morgan fingerprint density at radius 2 is 2.04 bits per heavy atom. The van der Waals surface area contributed by atoms with Crippen LogP contribution in [0.15, 0.2) is 0 Å². The molecule has 1 saturated heterocycles. The van der Waals surface area contributed by atoms with Gasteiger partial charge in [-0.1, -0.05) is 22.9 Å². The molecule has 1 aliphatic heterocycles. The van der Waals surface area contributed by atoms with Crippen LogP contribution >= 0.6 is 15.9 Å². The molecule has 8 heteroatoms. The molecule has 140 valence electrons. The van der Waals surface area contributed by atoms with Crippen LogP contribution < -0.4 is 5.32 Å². The number of nitrogens with zero attached hydrogens (tertiary/aromatic N) is 1. The van der Waals surface area contributed by atoms with E-state index < -0.39 is 36.6 Å². The van der Waals surface area contributed by atoms with Crippen LogP contribution in [0.25, 0.3) is 0 Å². The Balaban J connectivity index is 2.62. The zero-order valence-electron chi connectivity index (χ0n) is 14.7. The molecule has 5 nitrogen and oxygen atoms in total.